The van der Waals surface area contributed by atoms with Gasteiger partial charge in [-0.3, -0.25) is 9.88 Å². The number of anilines is 2. The van der Waals surface area contributed by atoms with Gasteiger partial charge in [0.05, 0.1) is 40.1 Å². The summed E-state index contributed by atoms with van der Waals surface area (Å²) in [6.45, 7) is 12.9. The number of rotatable bonds is 7. The van der Waals surface area contributed by atoms with Crippen LogP contribution in [0.1, 0.15) is 76.4 Å². The van der Waals surface area contributed by atoms with Crippen LogP contribution in [0.15, 0.2) is 48.8 Å². The molecule has 0 amide bonds. The van der Waals surface area contributed by atoms with E-state index < -0.39 is 0 Å². The lowest BCUT2D eigenvalue weighted by atomic mass is 9.98. The van der Waals surface area contributed by atoms with Crippen molar-refractivity contribution in [3.63, 3.8) is 0 Å². The lowest BCUT2D eigenvalue weighted by molar-refractivity contribution is 0.0866. The first kappa shape index (κ1) is 29.1. The number of likely N-dealkylation sites (tertiary alicyclic amines) is 1. The first-order valence-corrected chi connectivity index (χ1v) is 14.8. The summed E-state index contributed by atoms with van der Waals surface area (Å²) in [7, 11) is 0. The van der Waals surface area contributed by atoms with Crippen LogP contribution in [-0.4, -0.2) is 49.5 Å². The summed E-state index contributed by atoms with van der Waals surface area (Å²) in [6.07, 6.45) is 5.67. The van der Waals surface area contributed by atoms with E-state index in [-0.39, 0.29) is 17.6 Å². The Morgan fingerprint density at radius 1 is 1.05 bits per heavy atom. The van der Waals surface area contributed by atoms with Crippen molar-refractivity contribution >= 4 is 45.5 Å². The van der Waals surface area contributed by atoms with Crippen molar-refractivity contribution in [3.8, 4) is 6.07 Å². The minimum atomic E-state index is -0.308. The molecule has 0 spiro atoms. The van der Waals surface area contributed by atoms with Crippen molar-refractivity contribution in [2.75, 3.05) is 23.7 Å². The van der Waals surface area contributed by atoms with Crippen LogP contribution in [0.5, 0.6) is 0 Å². The number of nitrogens with one attached hydrogen (secondary N) is 2. The van der Waals surface area contributed by atoms with E-state index in [1.165, 1.54) is 0 Å². The van der Waals surface area contributed by atoms with Crippen molar-refractivity contribution in [1.82, 2.24) is 24.9 Å². The van der Waals surface area contributed by atoms with Crippen molar-refractivity contribution in [3.05, 3.63) is 75.7 Å². The number of nitrogens with zero attached hydrogens (tertiary/aromatic N) is 6. The summed E-state index contributed by atoms with van der Waals surface area (Å²) >= 11 is 13.0. The Labute approximate surface area is 251 Å². The zero-order chi connectivity index (χ0) is 29.3. The van der Waals surface area contributed by atoms with Gasteiger partial charge in [0.1, 0.15) is 11.8 Å². The molecule has 2 N–H and O–H groups in total. The molecule has 3 heterocycles. The van der Waals surface area contributed by atoms with E-state index in [2.05, 4.69) is 57.7 Å². The summed E-state index contributed by atoms with van der Waals surface area (Å²) in [6, 6.07) is 13.9. The molecule has 8 nitrogen and oxygen atoms in total. The second kappa shape index (κ2) is 11.8. The van der Waals surface area contributed by atoms with E-state index in [1.54, 1.807) is 6.20 Å². The maximum atomic E-state index is 9.75. The molecule has 214 valence electrons. The molecule has 2 aromatic carbocycles. The normalized spacial score (nSPS) is 15.7. The van der Waals surface area contributed by atoms with Crippen LogP contribution in [0.25, 0.3) is 10.9 Å². The maximum Gasteiger partial charge on any atom is 0.109 e. The monoisotopic (exact) mass is 590 g/mol. The lowest BCUT2D eigenvalue weighted by Gasteiger charge is -2.40. The minimum absolute atomic E-state index is 0.121. The minimum Gasteiger partial charge on any atom is -0.381 e. The number of hydrogen-bond acceptors (Lipinski definition) is 7. The summed E-state index contributed by atoms with van der Waals surface area (Å²) in [4.78, 5) is 7.00. The quantitative estimate of drug-likeness (QED) is 0.230. The highest BCUT2D eigenvalue weighted by Gasteiger charge is 2.29. The molecule has 10 heteroatoms. The third-order valence-electron chi connectivity index (χ3n) is 7.60. The summed E-state index contributed by atoms with van der Waals surface area (Å²) in [5.41, 5.74) is 4.55. The predicted molar refractivity (Wildman–Crippen MR) is 167 cm³/mol. The average molecular weight is 592 g/mol. The molecule has 0 radical (unpaired) electrons. The van der Waals surface area contributed by atoms with Crippen LogP contribution in [0.2, 0.25) is 10.0 Å². The molecule has 1 aliphatic heterocycles. The van der Waals surface area contributed by atoms with Gasteiger partial charge in [0.2, 0.25) is 0 Å². The first-order valence-electron chi connectivity index (χ1n) is 14.0. The molecule has 2 aromatic heterocycles. The Bertz CT molecular complexity index is 1560. The molecule has 1 aliphatic rings. The lowest BCUT2D eigenvalue weighted by Crippen LogP contribution is -2.46. The van der Waals surface area contributed by atoms with Crippen molar-refractivity contribution in [2.45, 2.75) is 71.1 Å². The van der Waals surface area contributed by atoms with Crippen molar-refractivity contribution in [2.24, 2.45) is 0 Å². The van der Waals surface area contributed by atoms with Crippen LogP contribution < -0.4 is 10.6 Å². The smallest absolute Gasteiger partial charge is 0.109 e. The Balaban J connectivity index is 1.50. The van der Waals surface area contributed by atoms with Crippen LogP contribution in [0, 0.1) is 11.3 Å². The van der Waals surface area contributed by atoms with Gasteiger partial charge in [-0.05, 0) is 77.3 Å². The number of aromatic nitrogens is 4. The molecule has 41 heavy (non-hydrogen) atoms. The zero-order valence-corrected chi connectivity index (χ0v) is 25.6. The Kier molecular flexibility index (Phi) is 8.42. The highest BCUT2D eigenvalue weighted by atomic mass is 35.5. The maximum absolute atomic E-state index is 9.75. The Morgan fingerprint density at radius 3 is 2.39 bits per heavy atom. The summed E-state index contributed by atoms with van der Waals surface area (Å²) < 4.78 is 2.01. The third-order valence-corrected chi connectivity index (χ3v) is 8.14. The number of fused-ring (bicyclic) bond motifs is 1. The van der Waals surface area contributed by atoms with E-state index in [1.807, 2.05) is 61.1 Å². The standard InChI is InChI=1S/C31H36Cl2N8/c1-19(2)36-28-21(16-34)17-35-30-25(28)14-23(15-26(30)33)37-29(20-6-8-22(32)9-7-20)27-18-41(39-38-27)24-10-12-40(13-11-24)31(3,4)5/h6-9,14-15,17-19,24,29,37H,10-13H2,1-5H3,(H,35,36). The number of benzene rings is 2. The van der Waals surface area contributed by atoms with Crippen LogP contribution >= 0.6 is 23.2 Å². The molecule has 1 atom stereocenters. The van der Waals surface area contributed by atoms with Crippen molar-refractivity contribution < 1.29 is 0 Å². The number of nitriles is 1. The molecule has 0 saturated carbocycles. The molecule has 0 aliphatic carbocycles. The van der Waals surface area contributed by atoms with Gasteiger partial charge in [-0.1, -0.05) is 40.5 Å². The average Bonchev–Trinajstić information content (AvgIpc) is 3.42. The Morgan fingerprint density at radius 2 is 1.76 bits per heavy atom. The van der Waals surface area contributed by atoms with E-state index in [0.717, 1.165) is 48.3 Å². The fourth-order valence-corrected chi connectivity index (χ4v) is 5.82. The highest BCUT2D eigenvalue weighted by Crippen LogP contribution is 2.36. The molecule has 5 rings (SSSR count). The number of pyridine rings is 1. The summed E-state index contributed by atoms with van der Waals surface area (Å²) in [5.74, 6) is 0. The largest absolute Gasteiger partial charge is 0.381 e. The van der Waals surface area contributed by atoms with E-state index >= 15 is 0 Å². The number of piperidine rings is 1. The fraction of sp³-hybridized carbons (Fsp3) is 0.419. The molecular weight excluding hydrogens is 555 g/mol. The van der Waals surface area contributed by atoms with Crippen LogP contribution in [0.4, 0.5) is 11.4 Å². The predicted octanol–water partition coefficient (Wildman–Crippen LogP) is 7.46. The molecule has 1 unspecified atom stereocenters. The third kappa shape index (κ3) is 6.43. The van der Waals surface area contributed by atoms with Crippen molar-refractivity contribution in [1.29, 1.82) is 5.26 Å². The summed E-state index contributed by atoms with van der Waals surface area (Å²) in [5, 5.41) is 27.9. The molecule has 0 bridgehead atoms. The second-order valence-corrected chi connectivity index (χ2v) is 12.8. The molecule has 1 saturated heterocycles. The van der Waals surface area contributed by atoms with E-state index in [4.69, 9.17) is 23.2 Å². The molecular formula is C31H36Cl2N8. The zero-order valence-electron chi connectivity index (χ0n) is 24.1. The van der Waals surface area contributed by atoms with Gasteiger partial charge in [0, 0.05) is 47.0 Å². The number of halogens is 2. The topological polar surface area (TPSA) is 94.7 Å². The van der Waals surface area contributed by atoms with E-state index in [9.17, 15) is 5.26 Å². The molecule has 4 aromatic rings. The second-order valence-electron chi connectivity index (χ2n) is 12.0. The highest BCUT2D eigenvalue weighted by molar-refractivity contribution is 6.36. The van der Waals surface area contributed by atoms with Crippen LogP contribution in [-0.2, 0) is 0 Å². The fourth-order valence-electron chi connectivity index (χ4n) is 5.42. The van der Waals surface area contributed by atoms with E-state index in [0.29, 0.717) is 32.9 Å². The van der Waals surface area contributed by atoms with Gasteiger partial charge < -0.3 is 10.6 Å². The molecule has 1 fully saturated rings. The van der Waals surface area contributed by atoms with Gasteiger partial charge in [-0.15, -0.1) is 5.10 Å². The van der Waals surface area contributed by atoms with Gasteiger partial charge in [0.25, 0.3) is 0 Å². The van der Waals surface area contributed by atoms with Gasteiger partial charge in [0.15, 0.2) is 0 Å². The van der Waals surface area contributed by atoms with Crippen LogP contribution in [0.3, 0.4) is 0 Å². The number of hydrogen-bond donors (Lipinski definition) is 2. The van der Waals surface area contributed by atoms with Gasteiger partial charge in [-0.25, -0.2) is 4.68 Å². The SMILES string of the molecule is CC(C)Nc1c(C#N)cnc2c(Cl)cc(NC(c3ccc(Cl)cc3)c3cn(C4CCN(C(C)(C)C)CC4)nn3)cc12. The first-order chi connectivity index (χ1) is 19.5. The Hall–Kier alpha value is -3.38. The van der Waals surface area contributed by atoms with Gasteiger partial charge in [-0.2, -0.15) is 5.26 Å². The van der Waals surface area contributed by atoms with Gasteiger partial charge >= 0.3 is 0 Å².